The molecule has 0 aliphatic rings. The van der Waals surface area contributed by atoms with Gasteiger partial charge in [-0.15, -0.1) is 0 Å². The number of alkyl halides is 5. The SMILES string of the molecule is Cc1c(C(F)(F)F)cnc(C(F)F)c1CC#N. The highest BCUT2D eigenvalue weighted by molar-refractivity contribution is 5.39. The zero-order valence-electron chi connectivity index (χ0n) is 8.65. The van der Waals surface area contributed by atoms with E-state index in [1.165, 1.54) is 0 Å². The minimum atomic E-state index is -4.66. The lowest BCUT2D eigenvalue weighted by Gasteiger charge is -2.15. The number of nitrogens with zero attached hydrogens (tertiary/aromatic N) is 2. The number of hydrogen-bond acceptors (Lipinski definition) is 2. The van der Waals surface area contributed by atoms with Crippen molar-refractivity contribution in [1.82, 2.24) is 4.98 Å². The van der Waals surface area contributed by atoms with Gasteiger partial charge < -0.3 is 0 Å². The first kappa shape index (κ1) is 13.4. The second-order valence-corrected chi connectivity index (χ2v) is 3.29. The van der Waals surface area contributed by atoms with Gasteiger partial charge in [-0.2, -0.15) is 18.4 Å². The summed E-state index contributed by atoms with van der Waals surface area (Å²) in [7, 11) is 0. The summed E-state index contributed by atoms with van der Waals surface area (Å²) in [4.78, 5) is 3.10. The second kappa shape index (κ2) is 4.65. The van der Waals surface area contributed by atoms with Crippen molar-refractivity contribution in [2.75, 3.05) is 0 Å². The minimum absolute atomic E-state index is 0.350. The Morgan fingerprint density at radius 1 is 1.41 bits per heavy atom. The maximum Gasteiger partial charge on any atom is 0.418 e. The van der Waals surface area contributed by atoms with Crippen LogP contribution in [0.5, 0.6) is 0 Å². The molecule has 1 rings (SSSR count). The van der Waals surface area contributed by atoms with Crippen LogP contribution in [0.3, 0.4) is 0 Å². The van der Waals surface area contributed by atoms with E-state index in [0.717, 1.165) is 6.92 Å². The molecule has 0 atom stereocenters. The van der Waals surface area contributed by atoms with Gasteiger partial charge in [-0.3, -0.25) is 4.98 Å². The van der Waals surface area contributed by atoms with Gasteiger partial charge in [0.05, 0.1) is 18.1 Å². The van der Waals surface area contributed by atoms with Crippen molar-refractivity contribution in [3.05, 3.63) is 28.6 Å². The first-order valence-corrected chi connectivity index (χ1v) is 4.49. The summed E-state index contributed by atoms with van der Waals surface area (Å²) in [5.41, 5.74) is -2.58. The Morgan fingerprint density at radius 2 is 2.00 bits per heavy atom. The summed E-state index contributed by atoms with van der Waals surface area (Å²) in [5, 5.41) is 8.44. The van der Waals surface area contributed by atoms with Crippen molar-refractivity contribution >= 4 is 0 Å². The van der Waals surface area contributed by atoms with E-state index in [2.05, 4.69) is 4.98 Å². The van der Waals surface area contributed by atoms with Gasteiger partial charge in [0.1, 0.15) is 5.69 Å². The summed E-state index contributed by atoms with van der Waals surface area (Å²) in [6.07, 6.45) is -7.82. The van der Waals surface area contributed by atoms with Crippen LogP contribution in [0.1, 0.15) is 28.8 Å². The lowest BCUT2D eigenvalue weighted by molar-refractivity contribution is -0.138. The fraction of sp³-hybridized carbons (Fsp3) is 0.400. The molecule has 2 nitrogen and oxygen atoms in total. The van der Waals surface area contributed by atoms with E-state index in [1.54, 1.807) is 6.07 Å². The molecule has 0 aliphatic carbocycles. The lowest BCUT2D eigenvalue weighted by atomic mass is 10.00. The number of aromatic nitrogens is 1. The van der Waals surface area contributed by atoms with Crippen LogP contribution in [0.15, 0.2) is 6.20 Å². The lowest BCUT2D eigenvalue weighted by Crippen LogP contribution is -2.12. The molecule has 0 saturated carbocycles. The molecule has 0 aromatic carbocycles. The normalized spacial score (nSPS) is 11.6. The maximum absolute atomic E-state index is 12.5. The second-order valence-electron chi connectivity index (χ2n) is 3.29. The van der Waals surface area contributed by atoms with Crippen molar-refractivity contribution < 1.29 is 22.0 Å². The smallest absolute Gasteiger partial charge is 0.254 e. The van der Waals surface area contributed by atoms with Gasteiger partial charge in [-0.25, -0.2) is 8.78 Å². The van der Waals surface area contributed by atoms with Crippen LogP contribution in [0.2, 0.25) is 0 Å². The first-order valence-electron chi connectivity index (χ1n) is 4.49. The fourth-order valence-electron chi connectivity index (χ4n) is 1.44. The zero-order chi connectivity index (χ0) is 13.2. The first-order chi connectivity index (χ1) is 7.79. The van der Waals surface area contributed by atoms with E-state index >= 15 is 0 Å². The Morgan fingerprint density at radius 3 is 2.41 bits per heavy atom. The van der Waals surface area contributed by atoms with Crippen molar-refractivity contribution in [2.45, 2.75) is 25.9 Å². The molecule has 0 radical (unpaired) electrons. The Hall–Kier alpha value is -1.71. The number of pyridine rings is 1. The quantitative estimate of drug-likeness (QED) is 0.754. The molecule has 0 bridgehead atoms. The molecular formula is C10H7F5N2. The van der Waals surface area contributed by atoms with Crippen molar-refractivity contribution in [3.8, 4) is 6.07 Å². The molecular weight excluding hydrogens is 243 g/mol. The van der Waals surface area contributed by atoms with Crippen LogP contribution in [0.4, 0.5) is 22.0 Å². The van der Waals surface area contributed by atoms with Crippen LogP contribution >= 0.6 is 0 Å². The Bertz CT molecular complexity index is 459. The number of nitriles is 1. The predicted octanol–water partition coefficient (Wildman–Crippen LogP) is 3.41. The highest BCUT2D eigenvalue weighted by Crippen LogP contribution is 2.35. The number of halogens is 5. The Labute approximate surface area is 93.7 Å². The van der Waals surface area contributed by atoms with E-state index in [-0.39, 0.29) is 11.1 Å². The third-order valence-electron chi connectivity index (χ3n) is 2.27. The van der Waals surface area contributed by atoms with E-state index in [1.807, 2.05) is 0 Å². The van der Waals surface area contributed by atoms with Crippen LogP contribution in [-0.2, 0) is 12.6 Å². The molecule has 0 N–H and O–H groups in total. The molecule has 0 unspecified atom stereocenters. The molecule has 7 heteroatoms. The summed E-state index contributed by atoms with van der Waals surface area (Å²) in [6, 6.07) is 1.56. The Balaban J connectivity index is 3.45. The third-order valence-corrected chi connectivity index (χ3v) is 2.27. The topological polar surface area (TPSA) is 36.7 Å². The largest absolute Gasteiger partial charge is 0.418 e. The fourth-order valence-corrected chi connectivity index (χ4v) is 1.44. The molecule has 1 aromatic rings. The van der Waals surface area contributed by atoms with Gasteiger partial charge in [0.25, 0.3) is 6.43 Å². The number of rotatable bonds is 2. The average Bonchev–Trinajstić information content (AvgIpc) is 2.18. The van der Waals surface area contributed by atoms with Gasteiger partial charge in [0, 0.05) is 6.20 Å². The van der Waals surface area contributed by atoms with Crippen LogP contribution < -0.4 is 0 Å². The molecule has 0 amide bonds. The predicted molar refractivity (Wildman–Crippen MR) is 48.3 cm³/mol. The molecule has 0 fully saturated rings. The minimum Gasteiger partial charge on any atom is -0.254 e. The molecule has 1 heterocycles. The molecule has 92 valence electrons. The van der Waals surface area contributed by atoms with E-state index in [9.17, 15) is 22.0 Å². The van der Waals surface area contributed by atoms with Crippen LogP contribution in [-0.4, -0.2) is 4.98 Å². The zero-order valence-corrected chi connectivity index (χ0v) is 8.65. The molecule has 0 aliphatic heterocycles. The Kier molecular flexibility index (Phi) is 3.66. The van der Waals surface area contributed by atoms with Gasteiger partial charge in [-0.05, 0) is 18.1 Å². The highest BCUT2D eigenvalue weighted by atomic mass is 19.4. The average molecular weight is 250 g/mol. The summed E-state index contributed by atoms with van der Waals surface area (Å²) >= 11 is 0. The summed E-state index contributed by atoms with van der Waals surface area (Å²) < 4.78 is 62.5. The van der Waals surface area contributed by atoms with Crippen molar-refractivity contribution in [1.29, 1.82) is 5.26 Å². The monoisotopic (exact) mass is 250 g/mol. The molecule has 0 spiro atoms. The van der Waals surface area contributed by atoms with Crippen LogP contribution in [0.25, 0.3) is 0 Å². The maximum atomic E-state index is 12.5. The van der Waals surface area contributed by atoms with Crippen molar-refractivity contribution in [3.63, 3.8) is 0 Å². The van der Waals surface area contributed by atoms with Crippen LogP contribution in [0, 0.1) is 18.3 Å². The third kappa shape index (κ3) is 2.70. The summed E-state index contributed by atoms with van der Waals surface area (Å²) in [6.45, 7) is 1.06. The van der Waals surface area contributed by atoms with Gasteiger partial charge in [0.2, 0.25) is 0 Å². The van der Waals surface area contributed by atoms with Crippen molar-refractivity contribution in [2.24, 2.45) is 0 Å². The highest BCUT2D eigenvalue weighted by Gasteiger charge is 2.35. The summed E-state index contributed by atoms with van der Waals surface area (Å²) in [5.74, 6) is 0. The molecule has 1 aromatic heterocycles. The van der Waals surface area contributed by atoms with Gasteiger partial charge in [0.15, 0.2) is 0 Å². The molecule has 0 saturated heterocycles. The number of hydrogen-bond donors (Lipinski definition) is 0. The molecule has 17 heavy (non-hydrogen) atoms. The van der Waals surface area contributed by atoms with E-state index < -0.39 is 30.3 Å². The van der Waals surface area contributed by atoms with E-state index in [4.69, 9.17) is 5.26 Å². The standard InChI is InChI=1S/C10H7F5N2/c1-5-6(2-3-16)8(9(11)12)17-4-7(5)10(13,14)15/h4,9H,2H2,1H3. The van der Waals surface area contributed by atoms with Gasteiger partial charge >= 0.3 is 6.18 Å². The van der Waals surface area contributed by atoms with E-state index in [0.29, 0.717) is 6.20 Å². The van der Waals surface area contributed by atoms with Gasteiger partial charge in [-0.1, -0.05) is 0 Å².